The smallest absolute Gasteiger partial charge is 0.417 e. The van der Waals surface area contributed by atoms with Gasteiger partial charge in [-0.2, -0.15) is 13.2 Å². The van der Waals surface area contributed by atoms with Crippen LogP contribution in [0.25, 0.3) is 0 Å². The monoisotopic (exact) mass is 509 g/mol. The fourth-order valence-corrected chi connectivity index (χ4v) is 3.63. The second-order valence-corrected chi connectivity index (χ2v) is 9.08. The number of rotatable bonds is 8. The second kappa shape index (κ2) is 10.6. The molecular weight excluding hydrogens is 486 g/mol. The van der Waals surface area contributed by atoms with Crippen LogP contribution in [0.3, 0.4) is 0 Å². The van der Waals surface area contributed by atoms with E-state index in [1.807, 2.05) is 12.1 Å². The van der Waals surface area contributed by atoms with E-state index < -0.39 is 29.1 Å². The van der Waals surface area contributed by atoms with E-state index >= 15 is 0 Å². The van der Waals surface area contributed by atoms with Gasteiger partial charge in [-0.05, 0) is 62.6 Å². The van der Waals surface area contributed by atoms with Crippen LogP contribution in [0, 0.1) is 5.82 Å². The first-order valence-corrected chi connectivity index (χ1v) is 11.1. The Hall–Kier alpha value is -3.20. The zero-order valence-electron chi connectivity index (χ0n) is 19.2. The van der Waals surface area contributed by atoms with Crippen molar-refractivity contribution in [1.29, 1.82) is 0 Å². The third-order valence-electron chi connectivity index (χ3n) is 5.34. The van der Waals surface area contributed by atoms with Crippen molar-refractivity contribution in [1.82, 2.24) is 15.3 Å². The zero-order chi connectivity index (χ0) is 25.8. The van der Waals surface area contributed by atoms with E-state index in [-0.39, 0.29) is 17.8 Å². The van der Waals surface area contributed by atoms with Crippen molar-refractivity contribution in [3.05, 3.63) is 88.6 Å². The molecule has 2 atom stereocenters. The van der Waals surface area contributed by atoms with Crippen LogP contribution >= 0.6 is 11.6 Å². The quantitative estimate of drug-likeness (QED) is 0.369. The first-order chi connectivity index (χ1) is 16.3. The van der Waals surface area contributed by atoms with E-state index in [9.17, 15) is 22.4 Å². The van der Waals surface area contributed by atoms with Crippen LogP contribution in [0.15, 0.2) is 61.1 Å². The van der Waals surface area contributed by atoms with Crippen LogP contribution in [-0.4, -0.2) is 27.5 Å². The number of aromatic nitrogens is 2. The van der Waals surface area contributed by atoms with Crippen molar-refractivity contribution < 1.29 is 27.1 Å². The molecule has 0 aliphatic carbocycles. The van der Waals surface area contributed by atoms with E-state index in [2.05, 4.69) is 15.3 Å². The molecule has 2 aromatic heterocycles. The fourth-order valence-electron chi connectivity index (χ4n) is 3.50. The largest absolute Gasteiger partial charge is 0.462 e. The summed E-state index contributed by atoms with van der Waals surface area (Å²) in [5.41, 5.74) is -0.831. The van der Waals surface area contributed by atoms with Crippen LogP contribution in [0.2, 0.25) is 5.02 Å². The summed E-state index contributed by atoms with van der Waals surface area (Å²) in [4.78, 5) is 20.5. The van der Waals surface area contributed by atoms with Gasteiger partial charge in [-0.1, -0.05) is 23.7 Å². The molecule has 3 aromatic rings. The van der Waals surface area contributed by atoms with Crippen molar-refractivity contribution in [2.75, 3.05) is 0 Å². The maximum absolute atomic E-state index is 13.9. The van der Waals surface area contributed by atoms with E-state index in [0.29, 0.717) is 23.2 Å². The Balaban J connectivity index is 1.71. The van der Waals surface area contributed by atoms with E-state index in [1.165, 1.54) is 19.9 Å². The molecule has 0 radical (unpaired) electrons. The molecule has 3 rings (SSSR count). The normalized spacial score (nSPS) is 13.7. The highest BCUT2D eigenvalue weighted by molar-refractivity contribution is 6.30. The van der Waals surface area contributed by atoms with E-state index in [1.54, 1.807) is 25.3 Å². The van der Waals surface area contributed by atoms with Crippen molar-refractivity contribution in [3.8, 4) is 5.88 Å². The molecule has 1 aromatic carbocycles. The van der Waals surface area contributed by atoms with Gasteiger partial charge in [0.1, 0.15) is 5.82 Å². The predicted octanol–water partition coefficient (Wildman–Crippen LogP) is 6.17. The standard InChI is InChI=1S/C25H24ClF4N3O2/c1-15(10-21(16-4-7-19(26)8-5-16)17-11-20(27)14-31-12-17)33-23(34)24(2,3)35-22-9-6-18(13-32-22)25(28,29)30/h4-9,11-15,21H,10H2,1-3H3,(H,33,34). The summed E-state index contributed by atoms with van der Waals surface area (Å²) in [6, 6.07) is 10.0. The molecule has 0 aliphatic heterocycles. The van der Waals surface area contributed by atoms with Gasteiger partial charge in [0.15, 0.2) is 5.60 Å². The second-order valence-electron chi connectivity index (χ2n) is 8.65. The minimum absolute atomic E-state index is 0.115. The number of alkyl halides is 3. The van der Waals surface area contributed by atoms with Gasteiger partial charge >= 0.3 is 6.18 Å². The molecule has 1 amide bonds. The highest BCUT2D eigenvalue weighted by Gasteiger charge is 2.34. The Morgan fingerprint density at radius 1 is 1.06 bits per heavy atom. The number of carbonyl (C=O) groups is 1. The summed E-state index contributed by atoms with van der Waals surface area (Å²) in [5, 5.41) is 3.42. The van der Waals surface area contributed by atoms with E-state index in [4.69, 9.17) is 16.3 Å². The zero-order valence-corrected chi connectivity index (χ0v) is 20.0. The molecule has 2 unspecified atom stereocenters. The molecule has 0 saturated carbocycles. The van der Waals surface area contributed by atoms with Crippen LogP contribution in [0.4, 0.5) is 17.6 Å². The van der Waals surface area contributed by atoms with Crippen LogP contribution in [0.5, 0.6) is 5.88 Å². The number of benzene rings is 1. The number of nitrogens with zero attached hydrogens (tertiary/aromatic N) is 2. The lowest BCUT2D eigenvalue weighted by Gasteiger charge is -2.28. The predicted molar refractivity (Wildman–Crippen MR) is 124 cm³/mol. The number of nitrogens with one attached hydrogen (secondary N) is 1. The number of amides is 1. The SMILES string of the molecule is CC(CC(c1ccc(Cl)cc1)c1cncc(F)c1)NC(=O)C(C)(C)Oc1ccc(C(F)(F)F)cn1. The maximum Gasteiger partial charge on any atom is 0.417 e. The van der Waals surface area contributed by atoms with Crippen molar-refractivity contribution >= 4 is 17.5 Å². The highest BCUT2D eigenvalue weighted by Crippen LogP contribution is 2.31. The third kappa shape index (κ3) is 7.14. The maximum atomic E-state index is 13.9. The summed E-state index contributed by atoms with van der Waals surface area (Å²) >= 11 is 6.01. The molecule has 0 bridgehead atoms. The molecule has 0 spiro atoms. The molecule has 10 heteroatoms. The number of pyridine rings is 2. The highest BCUT2D eigenvalue weighted by atomic mass is 35.5. The lowest BCUT2D eigenvalue weighted by atomic mass is 9.87. The Kier molecular flexibility index (Phi) is 8.00. The third-order valence-corrected chi connectivity index (χ3v) is 5.59. The number of hydrogen-bond donors (Lipinski definition) is 1. The van der Waals surface area contributed by atoms with E-state index in [0.717, 1.165) is 23.9 Å². The minimum Gasteiger partial charge on any atom is -0.462 e. The summed E-state index contributed by atoms with van der Waals surface area (Å²) < 4.78 is 57.7. The Bertz CT molecular complexity index is 1150. The Labute approximate surface area is 205 Å². The molecule has 186 valence electrons. The van der Waals surface area contributed by atoms with Gasteiger partial charge in [0, 0.05) is 35.4 Å². The first kappa shape index (κ1) is 26.4. The number of halogens is 5. The summed E-state index contributed by atoms with van der Waals surface area (Å²) in [6.45, 7) is 4.77. The molecule has 5 nitrogen and oxygen atoms in total. The van der Waals surface area contributed by atoms with Gasteiger partial charge in [-0.15, -0.1) is 0 Å². The van der Waals surface area contributed by atoms with Gasteiger partial charge in [0.05, 0.1) is 11.8 Å². The molecule has 0 fully saturated rings. The average molecular weight is 510 g/mol. The van der Waals surface area contributed by atoms with Crippen molar-refractivity contribution in [2.24, 2.45) is 0 Å². The van der Waals surface area contributed by atoms with Crippen LogP contribution in [-0.2, 0) is 11.0 Å². The number of ether oxygens (including phenoxy) is 1. The lowest BCUT2D eigenvalue weighted by Crippen LogP contribution is -2.49. The summed E-state index contributed by atoms with van der Waals surface area (Å²) in [7, 11) is 0. The molecular formula is C25H24ClF4N3O2. The van der Waals surface area contributed by atoms with Gasteiger partial charge in [-0.25, -0.2) is 9.37 Å². The summed E-state index contributed by atoms with van der Waals surface area (Å²) in [6.07, 6.45) is -0.780. The number of hydrogen-bond acceptors (Lipinski definition) is 4. The van der Waals surface area contributed by atoms with Crippen LogP contribution < -0.4 is 10.1 Å². The lowest BCUT2D eigenvalue weighted by molar-refractivity contribution is -0.138. The van der Waals surface area contributed by atoms with Crippen molar-refractivity contribution in [2.45, 2.75) is 50.9 Å². The minimum atomic E-state index is -4.52. The topological polar surface area (TPSA) is 64.1 Å². The molecule has 0 saturated heterocycles. The first-order valence-electron chi connectivity index (χ1n) is 10.7. The van der Waals surface area contributed by atoms with Gasteiger partial charge in [0.25, 0.3) is 5.91 Å². The number of carbonyl (C=O) groups excluding carboxylic acids is 1. The average Bonchev–Trinajstić information content (AvgIpc) is 2.77. The fraction of sp³-hybridized carbons (Fsp3) is 0.320. The summed E-state index contributed by atoms with van der Waals surface area (Å²) in [5.74, 6) is -1.36. The van der Waals surface area contributed by atoms with Crippen molar-refractivity contribution in [3.63, 3.8) is 0 Å². The molecule has 2 heterocycles. The Morgan fingerprint density at radius 2 is 1.74 bits per heavy atom. The van der Waals surface area contributed by atoms with Crippen LogP contribution in [0.1, 0.15) is 49.8 Å². The van der Waals surface area contributed by atoms with Gasteiger partial charge in [0.2, 0.25) is 5.88 Å². The van der Waals surface area contributed by atoms with Gasteiger partial charge in [-0.3, -0.25) is 9.78 Å². The molecule has 1 N–H and O–H groups in total. The van der Waals surface area contributed by atoms with Gasteiger partial charge < -0.3 is 10.1 Å². The Morgan fingerprint density at radius 3 is 2.31 bits per heavy atom. The molecule has 35 heavy (non-hydrogen) atoms. The molecule has 0 aliphatic rings.